The topological polar surface area (TPSA) is 125 Å². The summed E-state index contributed by atoms with van der Waals surface area (Å²) < 4.78 is 2.88. The van der Waals surface area contributed by atoms with Crippen molar-refractivity contribution < 1.29 is 5.11 Å². The summed E-state index contributed by atoms with van der Waals surface area (Å²) in [4.78, 5) is 49.2. The Morgan fingerprint density at radius 2 is 1.70 bits per heavy atom. The third-order valence-corrected chi connectivity index (χ3v) is 6.78. The second-order valence-electron chi connectivity index (χ2n) is 9.61. The molecule has 0 unspecified atom stereocenters. The zero-order valence-electron chi connectivity index (χ0n) is 20.4. The molecule has 3 aromatic heterocycles. The van der Waals surface area contributed by atoms with Crippen LogP contribution in [-0.4, -0.2) is 29.0 Å². The van der Waals surface area contributed by atoms with E-state index in [1.165, 1.54) is 0 Å². The van der Waals surface area contributed by atoms with Crippen molar-refractivity contribution >= 4 is 27.6 Å². The molecule has 0 bridgehead atoms. The number of H-pyrrole nitrogens is 2. The highest BCUT2D eigenvalue weighted by Gasteiger charge is 2.20. The Kier molecular flexibility index (Phi) is 4.83. The fourth-order valence-electron chi connectivity index (χ4n) is 4.86. The molecule has 0 saturated heterocycles. The molecule has 0 aliphatic heterocycles. The van der Waals surface area contributed by atoms with E-state index in [0.717, 1.165) is 4.57 Å². The Morgan fingerprint density at radius 1 is 0.919 bits per heavy atom. The minimum atomic E-state index is -1.08. The highest BCUT2D eigenvalue weighted by Crippen LogP contribution is 2.30. The lowest BCUT2D eigenvalue weighted by atomic mass is 9.98. The SMILES string of the molecule is Cc1c(-c2cnc3c(=O)[nH]c4cc(C(C)(C)O)ccc4n23)cccc1-n1c(=O)[nH]c2ccccc2c1=O. The summed E-state index contributed by atoms with van der Waals surface area (Å²) in [6, 6.07) is 17.6. The lowest BCUT2D eigenvalue weighted by molar-refractivity contribution is 0.0787. The summed E-state index contributed by atoms with van der Waals surface area (Å²) >= 11 is 0. The molecule has 9 heteroatoms. The Hall–Kier alpha value is -4.76. The van der Waals surface area contributed by atoms with Crippen molar-refractivity contribution in [3.63, 3.8) is 0 Å². The summed E-state index contributed by atoms with van der Waals surface area (Å²) in [5, 5.41) is 10.8. The molecule has 184 valence electrons. The van der Waals surface area contributed by atoms with Crippen LogP contribution in [0.3, 0.4) is 0 Å². The molecule has 3 aromatic carbocycles. The predicted molar refractivity (Wildman–Crippen MR) is 142 cm³/mol. The first-order valence-electron chi connectivity index (χ1n) is 11.8. The van der Waals surface area contributed by atoms with Crippen LogP contribution in [0.5, 0.6) is 0 Å². The third kappa shape index (κ3) is 3.43. The number of para-hydroxylation sites is 1. The lowest BCUT2D eigenvalue weighted by Crippen LogP contribution is -2.34. The fraction of sp³-hybridized carbons (Fsp3) is 0.143. The number of aromatic nitrogens is 5. The maximum Gasteiger partial charge on any atom is 0.333 e. The van der Waals surface area contributed by atoms with Crippen LogP contribution in [0.4, 0.5) is 0 Å². The number of fused-ring (bicyclic) bond motifs is 4. The summed E-state index contributed by atoms with van der Waals surface area (Å²) in [5.74, 6) is 0. The Balaban J connectivity index is 1.64. The maximum atomic E-state index is 13.3. The van der Waals surface area contributed by atoms with Crippen LogP contribution in [0.25, 0.3) is 44.5 Å². The smallest absolute Gasteiger partial charge is 0.333 e. The van der Waals surface area contributed by atoms with Crippen LogP contribution in [0.15, 0.2) is 81.2 Å². The molecule has 0 amide bonds. The molecule has 9 nitrogen and oxygen atoms in total. The first-order chi connectivity index (χ1) is 17.6. The van der Waals surface area contributed by atoms with Gasteiger partial charge < -0.3 is 15.1 Å². The molecule has 3 heterocycles. The van der Waals surface area contributed by atoms with Crippen molar-refractivity contribution in [2.24, 2.45) is 0 Å². The van der Waals surface area contributed by atoms with Crippen molar-refractivity contribution in [2.45, 2.75) is 26.4 Å². The Labute approximate surface area is 209 Å². The maximum absolute atomic E-state index is 13.3. The van der Waals surface area contributed by atoms with E-state index in [1.807, 2.05) is 19.1 Å². The monoisotopic (exact) mass is 493 g/mol. The molecule has 0 spiro atoms. The van der Waals surface area contributed by atoms with E-state index in [1.54, 1.807) is 73.0 Å². The average Bonchev–Trinajstić information content (AvgIpc) is 3.30. The van der Waals surface area contributed by atoms with Gasteiger partial charge in [0.2, 0.25) is 5.65 Å². The largest absolute Gasteiger partial charge is 0.386 e. The quantitative estimate of drug-likeness (QED) is 0.349. The summed E-state index contributed by atoms with van der Waals surface area (Å²) in [6.45, 7) is 5.18. The lowest BCUT2D eigenvalue weighted by Gasteiger charge is -2.18. The zero-order chi connectivity index (χ0) is 26.1. The molecule has 37 heavy (non-hydrogen) atoms. The van der Waals surface area contributed by atoms with E-state index in [-0.39, 0.29) is 11.2 Å². The number of aromatic amines is 2. The van der Waals surface area contributed by atoms with Gasteiger partial charge in [-0.05, 0) is 62.2 Å². The van der Waals surface area contributed by atoms with Crippen LogP contribution in [-0.2, 0) is 5.60 Å². The molecule has 0 aliphatic carbocycles. The molecule has 0 fully saturated rings. The van der Waals surface area contributed by atoms with Crippen LogP contribution >= 0.6 is 0 Å². The van der Waals surface area contributed by atoms with E-state index < -0.39 is 16.9 Å². The minimum absolute atomic E-state index is 0.212. The minimum Gasteiger partial charge on any atom is -0.386 e. The van der Waals surface area contributed by atoms with Crippen molar-refractivity contribution in [1.82, 2.24) is 23.9 Å². The van der Waals surface area contributed by atoms with Gasteiger partial charge in [-0.1, -0.05) is 30.3 Å². The molecular weight excluding hydrogens is 470 g/mol. The predicted octanol–water partition coefficient (Wildman–Crippen LogP) is 3.37. The molecule has 0 atom stereocenters. The van der Waals surface area contributed by atoms with Gasteiger partial charge >= 0.3 is 5.69 Å². The number of imidazole rings is 1. The Bertz CT molecular complexity index is 2050. The van der Waals surface area contributed by atoms with Gasteiger partial charge in [-0.3, -0.25) is 14.0 Å². The summed E-state index contributed by atoms with van der Waals surface area (Å²) in [6.07, 6.45) is 1.60. The van der Waals surface area contributed by atoms with Crippen LogP contribution in [0, 0.1) is 6.92 Å². The first kappa shape index (κ1) is 22.7. The third-order valence-electron chi connectivity index (χ3n) is 6.78. The summed E-state index contributed by atoms with van der Waals surface area (Å²) in [7, 11) is 0. The molecule has 0 aliphatic rings. The van der Waals surface area contributed by atoms with Gasteiger partial charge in [-0.2, -0.15) is 0 Å². The van der Waals surface area contributed by atoms with E-state index >= 15 is 0 Å². The number of hydrogen-bond acceptors (Lipinski definition) is 5. The van der Waals surface area contributed by atoms with Crippen molar-refractivity contribution in [3.05, 3.63) is 109 Å². The number of benzene rings is 3. The highest BCUT2D eigenvalue weighted by molar-refractivity contribution is 5.83. The van der Waals surface area contributed by atoms with Gasteiger partial charge in [0.05, 0.1) is 45.1 Å². The molecule has 0 saturated carbocycles. The number of aliphatic hydroxyl groups is 1. The molecular formula is C28H23N5O4. The normalized spacial score (nSPS) is 12.1. The van der Waals surface area contributed by atoms with Crippen molar-refractivity contribution in [1.29, 1.82) is 0 Å². The number of rotatable bonds is 3. The molecule has 6 aromatic rings. The van der Waals surface area contributed by atoms with E-state index in [9.17, 15) is 19.5 Å². The van der Waals surface area contributed by atoms with E-state index in [4.69, 9.17) is 0 Å². The van der Waals surface area contributed by atoms with E-state index in [2.05, 4.69) is 15.0 Å². The zero-order valence-corrected chi connectivity index (χ0v) is 20.4. The number of nitrogens with zero attached hydrogens (tertiary/aromatic N) is 3. The van der Waals surface area contributed by atoms with Gasteiger partial charge in [0.15, 0.2) is 0 Å². The number of nitrogens with one attached hydrogen (secondary N) is 2. The molecule has 6 rings (SSSR count). The first-order valence-corrected chi connectivity index (χ1v) is 11.8. The van der Waals surface area contributed by atoms with Gasteiger partial charge in [0, 0.05) is 5.56 Å². The van der Waals surface area contributed by atoms with Crippen LogP contribution in [0.1, 0.15) is 25.0 Å². The number of hydrogen-bond donors (Lipinski definition) is 3. The highest BCUT2D eigenvalue weighted by atomic mass is 16.3. The van der Waals surface area contributed by atoms with Gasteiger partial charge in [-0.15, -0.1) is 0 Å². The molecule has 3 N–H and O–H groups in total. The molecule has 0 radical (unpaired) electrons. The Morgan fingerprint density at radius 3 is 2.49 bits per heavy atom. The van der Waals surface area contributed by atoms with Crippen molar-refractivity contribution in [3.8, 4) is 16.9 Å². The van der Waals surface area contributed by atoms with Gasteiger partial charge in [-0.25, -0.2) is 14.3 Å². The second-order valence-corrected chi connectivity index (χ2v) is 9.61. The van der Waals surface area contributed by atoms with Crippen LogP contribution < -0.4 is 16.8 Å². The second kappa shape index (κ2) is 7.87. The van der Waals surface area contributed by atoms with Crippen molar-refractivity contribution in [2.75, 3.05) is 0 Å². The van der Waals surface area contributed by atoms with Gasteiger partial charge in [0.25, 0.3) is 11.1 Å². The van der Waals surface area contributed by atoms with Gasteiger partial charge in [0.1, 0.15) is 0 Å². The standard InChI is InChI=1S/C28H23N5O4/c1-15-17(8-6-10-21(15)33-26(35)18-7-4-5-9-19(18)31-27(33)36)23-14-29-24-25(34)30-20-13-16(28(2,3)37)11-12-22(20)32(23)24/h4-14,37H,1-3H3,(H,30,34)(H,31,36). The fourth-order valence-corrected chi connectivity index (χ4v) is 4.86. The average molecular weight is 494 g/mol. The summed E-state index contributed by atoms with van der Waals surface area (Å²) in [5.41, 5.74) is 2.63. The van der Waals surface area contributed by atoms with E-state index in [0.29, 0.717) is 50.0 Å². The van der Waals surface area contributed by atoms with Crippen LogP contribution in [0.2, 0.25) is 0 Å².